The van der Waals surface area contributed by atoms with E-state index >= 15 is 0 Å². The van der Waals surface area contributed by atoms with Crippen LogP contribution in [-0.2, 0) is 0 Å². The number of nitrogens with zero attached hydrogens (tertiary/aromatic N) is 3. The van der Waals surface area contributed by atoms with Crippen LogP contribution in [0, 0.1) is 0 Å². The molecule has 5 N–H and O–H groups in total. The van der Waals surface area contributed by atoms with Gasteiger partial charge < -0.3 is 21.7 Å². The van der Waals surface area contributed by atoms with Crippen LogP contribution in [0.4, 0.5) is 16.3 Å². The molecule has 150 valence electrons. The SMILES string of the molecule is CNC(=O)Nc1ccc(-c2cnn3c(N)cc(C4CC5CC[C@@H](C4)N5)nc23)cc1. The number of nitrogens with two attached hydrogens (primary N) is 1. The predicted octanol–water partition coefficient (Wildman–Crippen LogP) is 2.73. The molecule has 3 atom stereocenters. The van der Waals surface area contributed by atoms with E-state index in [9.17, 15) is 4.79 Å². The van der Waals surface area contributed by atoms with Gasteiger partial charge in [0.05, 0.1) is 6.20 Å². The molecule has 4 heterocycles. The summed E-state index contributed by atoms with van der Waals surface area (Å²) in [5, 5.41) is 13.4. The van der Waals surface area contributed by atoms with Crippen molar-refractivity contribution in [3.05, 3.63) is 42.2 Å². The molecule has 5 rings (SSSR count). The van der Waals surface area contributed by atoms with Crippen LogP contribution in [0.2, 0.25) is 0 Å². The first-order valence-corrected chi connectivity index (χ1v) is 10.1. The maximum atomic E-state index is 11.5. The van der Waals surface area contributed by atoms with Gasteiger partial charge >= 0.3 is 6.03 Å². The third kappa shape index (κ3) is 3.29. The fraction of sp³-hybridized carbons (Fsp3) is 0.381. The number of carbonyl (C=O) groups is 1. The number of amides is 2. The molecule has 2 amide bonds. The minimum absolute atomic E-state index is 0.247. The summed E-state index contributed by atoms with van der Waals surface area (Å²) in [7, 11) is 1.59. The van der Waals surface area contributed by atoms with Crippen LogP contribution in [-0.4, -0.2) is 39.8 Å². The lowest BCUT2D eigenvalue weighted by Crippen LogP contribution is -2.37. The molecule has 2 unspecified atom stereocenters. The Balaban J connectivity index is 1.48. The molecule has 0 aliphatic carbocycles. The molecule has 2 bridgehead atoms. The van der Waals surface area contributed by atoms with Crippen molar-refractivity contribution < 1.29 is 4.79 Å². The number of anilines is 2. The molecule has 29 heavy (non-hydrogen) atoms. The zero-order valence-corrected chi connectivity index (χ0v) is 16.4. The average Bonchev–Trinajstić information content (AvgIpc) is 3.31. The lowest BCUT2D eigenvalue weighted by molar-refractivity contribution is 0.254. The Hall–Kier alpha value is -3.13. The van der Waals surface area contributed by atoms with Crippen LogP contribution in [0.25, 0.3) is 16.8 Å². The number of rotatable bonds is 3. The van der Waals surface area contributed by atoms with Crippen LogP contribution in [0.5, 0.6) is 0 Å². The van der Waals surface area contributed by atoms with Gasteiger partial charge in [-0.05, 0) is 43.4 Å². The van der Waals surface area contributed by atoms with Crippen molar-refractivity contribution in [1.82, 2.24) is 25.2 Å². The minimum atomic E-state index is -0.247. The number of aromatic nitrogens is 3. The molecule has 2 aliphatic heterocycles. The molecule has 8 heteroatoms. The van der Waals surface area contributed by atoms with Crippen LogP contribution in [0.1, 0.15) is 37.3 Å². The van der Waals surface area contributed by atoms with Gasteiger partial charge in [0.1, 0.15) is 5.82 Å². The second kappa shape index (κ2) is 7.04. The highest BCUT2D eigenvalue weighted by atomic mass is 16.2. The maximum Gasteiger partial charge on any atom is 0.318 e. The highest BCUT2D eigenvalue weighted by Gasteiger charge is 2.35. The van der Waals surface area contributed by atoms with Crippen molar-refractivity contribution in [1.29, 1.82) is 0 Å². The highest BCUT2D eigenvalue weighted by Crippen LogP contribution is 2.37. The van der Waals surface area contributed by atoms with Crippen molar-refractivity contribution in [3.8, 4) is 11.1 Å². The van der Waals surface area contributed by atoms with Crippen LogP contribution in [0.15, 0.2) is 36.5 Å². The number of hydrogen-bond donors (Lipinski definition) is 4. The summed E-state index contributed by atoms with van der Waals surface area (Å²) in [4.78, 5) is 16.5. The van der Waals surface area contributed by atoms with Crippen molar-refractivity contribution >= 4 is 23.2 Å². The van der Waals surface area contributed by atoms with Gasteiger partial charge in [-0.1, -0.05) is 12.1 Å². The van der Waals surface area contributed by atoms with Gasteiger partial charge in [0.25, 0.3) is 0 Å². The van der Waals surface area contributed by atoms with E-state index < -0.39 is 0 Å². The minimum Gasteiger partial charge on any atom is -0.384 e. The van der Waals surface area contributed by atoms with E-state index in [1.807, 2.05) is 30.3 Å². The van der Waals surface area contributed by atoms with Gasteiger partial charge in [0.15, 0.2) is 5.65 Å². The lowest BCUT2D eigenvalue weighted by Gasteiger charge is -2.28. The Kier molecular flexibility index (Phi) is 4.35. The summed E-state index contributed by atoms with van der Waals surface area (Å²) in [5.74, 6) is 1.04. The zero-order chi connectivity index (χ0) is 20.0. The molecule has 2 aliphatic rings. The Labute approximate surface area is 168 Å². The molecule has 8 nitrogen and oxygen atoms in total. The molecule has 0 radical (unpaired) electrons. The first-order chi connectivity index (χ1) is 14.1. The largest absolute Gasteiger partial charge is 0.384 e. The molecular formula is C21H25N7O. The average molecular weight is 391 g/mol. The summed E-state index contributed by atoms with van der Waals surface area (Å²) in [6, 6.07) is 10.6. The smallest absolute Gasteiger partial charge is 0.318 e. The normalized spacial score (nSPS) is 23.3. The summed E-state index contributed by atoms with van der Waals surface area (Å²) >= 11 is 0. The number of fused-ring (bicyclic) bond motifs is 3. The van der Waals surface area contributed by atoms with E-state index in [0.717, 1.165) is 41.0 Å². The Morgan fingerprint density at radius 2 is 1.93 bits per heavy atom. The third-order valence-corrected chi connectivity index (χ3v) is 6.09. The van der Waals surface area contributed by atoms with Gasteiger partial charge in [0, 0.05) is 48.1 Å². The van der Waals surface area contributed by atoms with E-state index in [1.165, 1.54) is 12.8 Å². The maximum absolute atomic E-state index is 11.5. The van der Waals surface area contributed by atoms with Crippen molar-refractivity contribution in [2.75, 3.05) is 18.1 Å². The highest BCUT2D eigenvalue weighted by molar-refractivity contribution is 5.89. The summed E-state index contributed by atoms with van der Waals surface area (Å²) in [6.07, 6.45) is 6.54. The molecular weight excluding hydrogens is 366 g/mol. The Morgan fingerprint density at radius 1 is 1.21 bits per heavy atom. The van der Waals surface area contributed by atoms with Crippen molar-refractivity contribution in [2.45, 2.75) is 43.7 Å². The first kappa shape index (κ1) is 17.9. The number of piperidine rings is 1. The summed E-state index contributed by atoms with van der Waals surface area (Å²) < 4.78 is 1.70. The van der Waals surface area contributed by atoms with Crippen molar-refractivity contribution in [3.63, 3.8) is 0 Å². The molecule has 1 aromatic carbocycles. The fourth-order valence-electron chi connectivity index (χ4n) is 4.64. The number of nitrogen functional groups attached to an aromatic ring is 1. The van der Waals surface area contributed by atoms with Gasteiger partial charge in [-0.2, -0.15) is 9.61 Å². The molecule has 3 aromatic rings. The van der Waals surface area contributed by atoms with Gasteiger partial charge in [-0.3, -0.25) is 0 Å². The molecule has 2 saturated heterocycles. The third-order valence-electron chi connectivity index (χ3n) is 6.09. The topological polar surface area (TPSA) is 109 Å². The molecule has 2 fully saturated rings. The van der Waals surface area contributed by atoms with Gasteiger partial charge in [0.2, 0.25) is 0 Å². The summed E-state index contributed by atoms with van der Waals surface area (Å²) in [6.45, 7) is 0. The standard InChI is InChI=1S/C21H25N7O/c1-23-21(29)26-14-4-2-12(3-5-14)17-11-24-28-19(22)10-18(27-20(17)28)13-8-15-6-7-16(9-13)25-15/h2-5,10-11,13,15-16,25H,6-9,22H2,1H3,(H2,23,26,29)/t13?,15-,16?/m0/s1. The van der Waals surface area contributed by atoms with E-state index in [2.05, 4.69) is 21.0 Å². The van der Waals surface area contributed by atoms with Crippen LogP contribution >= 0.6 is 0 Å². The second-order valence-corrected chi connectivity index (χ2v) is 7.99. The van der Waals surface area contributed by atoms with Crippen molar-refractivity contribution in [2.24, 2.45) is 0 Å². The number of urea groups is 1. The number of benzene rings is 1. The zero-order valence-electron chi connectivity index (χ0n) is 16.4. The monoisotopic (exact) mass is 391 g/mol. The molecule has 0 spiro atoms. The first-order valence-electron chi connectivity index (χ1n) is 10.1. The number of nitrogens with one attached hydrogen (secondary N) is 3. The Morgan fingerprint density at radius 3 is 2.62 bits per heavy atom. The summed E-state index contributed by atoms with van der Waals surface area (Å²) in [5.41, 5.74) is 10.8. The van der Waals surface area contributed by atoms with Gasteiger partial charge in [-0.15, -0.1) is 0 Å². The fourth-order valence-corrected chi connectivity index (χ4v) is 4.64. The van der Waals surface area contributed by atoms with Crippen LogP contribution in [0.3, 0.4) is 0 Å². The number of hydrogen-bond acceptors (Lipinski definition) is 5. The Bertz CT molecular complexity index is 1050. The van der Waals surface area contributed by atoms with E-state index in [1.54, 1.807) is 17.8 Å². The van der Waals surface area contributed by atoms with E-state index in [-0.39, 0.29) is 6.03 Å². The van der Waals surface area contributed by atoms with Crippen LogP contribution < -0.4 is 21.7 Å². The lowest BCUT2D eigenvalue weighted by atomic mass is 9.89. The predicted molar refractivity (Wildman–Crippen MR) is 113 cm³/mol. The van der Waals surface area contributed by atoms with E-state index in [4.69, 9.17) is 10.7 Å². The molecule has 0 saturated carbocycles. The molecule has 2 aromatic heterocycles. The second-order valence-electron chi connectivity index (χ2n) is 7.99. The number of carbonyl (C=O) groups excluding carboxylic acids is 1. The quantitative estimate of drug-likeness (QED) is 0.549. The van der Waals surface area contributed by atoms with E-state index in [0.29, 0.717) is 23.8 Å². The van der Waals surface area contributed by atoms with Gasteiger partial charge in [-0.25, -0.2) is 9.78 Å².